The molecule has 0 aromatic rings. The fraction of sp³-hybridized carbons (Fsp3) is 0.843. The molecule has 0 rings (SSSR count). The average Bonchev–Trinajstić information content (AvgIpc) is 3.42. The molecule has 0 aliphatic heterocycles. The van der Waals surface area contributed by atoms with Crippen LogP contribution in [0.1, 0.15) is 361 Å². The maximum atomic E-state index is 12.9. The first-order chi connectivity index (χ1) is 37.5. The fourth-order valence-corrected chi connectivity index (χ4v) is 10.1. The molecule has 0 aliphatic rings. The Labute approximate surface area is 473 Å². The van der Waals surface area contributed by atoms with Crippen molar-refractivity contribution in [2.45, 2.75) is 367 Å². The molecule has 0 saturated heterocycles. The second kappa shape index (κ2) is 64.9. The Morgan fingerprint density at radius 1 is 0.276 bits per heavy atom. The minimum absolute atomic E-state index is 0.0785. The van der Waals surface area contributed by atoms with Gasteiger partial charge in [-0.15, -0.1) is 0 Å². The molecule has 0 radical (unpaired) electrons. The molecule has 0 N–H and O–H groups in total. The summed E-state index contributed by atoms with van der Waals surface area (Å²) in [5, 5.41) is 0. The molecule has 76 heavy (non-hydrogen) atoms. The summed E-state index contributed by atoms with van der Waals surface area (Å²) in [4.78, 5) is 38.3. The van der Waals surface area contributed by atoms with Crippen molar-refractivity contribution >= 4 is 17.9 Å². The predicted octanol–water partition coefficient (Wildman–Crippen LogP) is 22.9. The van der Waals surface area contributed by atoms with Crippen molar-refractivity contribution in [3.8, 4) is 0 Å². The van der Waals surface area contributed by atoms with Gasteiger partial charge in [0, 0.05) is 19.3 Å². The van der Waals surface area contributed by atoms with Gasteiger partial charge in [-0.25, -0.2) is 0 Å². The molecule has 1 unspecified atom stereocenters. The number of hydrogen-bond acceptors (Lipinski definition) is 6. The SMILES string of the molecule is CC/C=C\C/C=C\C/C=C\C/C=C\CCCCCCC(=O)OC(COC(=O)CCCCCCCCCCCCCC)COC(=O)CCCCCCCCCCCCCCCCCCCCCCCCCCCCCCC. The largest absolute Gasteiger partial charge is 0.462 e. The number of hydrogen-bond donors (Lipinski definition) is 0. The summed E-state index contributed by atoms with van der Waals surface area (Å²) in [6, 6.07) is 0. The van der Waals surface area contributed by atoms with Crippen LogP contribution in [-0.2, 0) is 28.6 Å². The lowest BCUT2D eigenvalue weighted by molar-refractivity contribution is -0.167. The Balaban J connectivity index is 4.17. The van der Waals surface area contributed by atoms with Crippen LogP contribution >= 0.6 is 0 Å². The van der Waals surface area contributed by atoms with Crippen LogP contribution in [0.4, 0.5) is 0 Å². The maximum Gasteiger partial charge on any atom is 0.306 e. The Bertz CT molecular complexity index is 1310. The van der Waals surface area contributed by atoms with Crippen molar-refractivity contribution in [2.24, 2.45) is 0 Å². The number of rotatable bonds is 62. The van der Waals surface area contributed by atoms with Gasteiger partial charge < -0.3 is 14.2 Å². The van der Waals surface area contributed by atoms with E-state index in [1.54, 1.807) is 0 Å². The van der Waals surface area contributed by atoms with Gasteiger partial charge in [0.1, 0.15) is 13.2 Å². The third-order valence-electron chi connectivity index (χ3n) is 15.1. The van der Waals surface area contributed by atoms with E-state index < -0.39 is 6.10 Å². The van der Waals surface area contributed by atoms with Crippen LogP contribution in [0.25, 0.3) is 0 Å². The van der Waals surface area contributed by atoms with Gasteiger partial charge >= 0.3 is 17.9 Å². The van der Waals surface area contributed by atoms with E-state index in [4.69, 9.17) is 14.2 Å². The molecule has 6 nitrogen and oxygen atoms in total. The van der Waals surface area contributed by atoms with E-state index in [-0.39, 0.29) is 31.1 Å². The van der Waals surface area contributed by atoms with Gasteiger partial charge in [0.2, 0.25) is 0 Å². The maximum absolute atomic E-state index is 12.9. The molecule has 6 heteroatoms. The molecule has 0 fully saturated rings. The van der Waals surface area contributed by atoms with E-state index in [1.165, 1.54) is 225 Å². The first kappa shape index (κ1) is 73.4. The van der Waals surface area contributed by atoms with Crippen LogP contribution < -0.4 is 0 Å². The number of unbranched alkanes of at least 4 members (excludes halogenated alkanes) is 43. The highest BCUT2D eigenvalue weighted by Gasteiger charge is 2.19. The van der Waals surface area contributed by atoms with Gasteiger partial charge in [-0.05, 0) is 57.8 Å². The lowest BCUT2D eigenvalue weighted by Crippen LogP contribution is -2.30. The molecule has 0 aromatic carbocycles. The van der Waals surface area contributed by atoms with Gasteiger partial charge in [0.15, 0.2) is 6.10 Å². The zero-order valence-electron chi connectivity index (χ0n) is 51.0. The molecule has 0 aromatic heterocycles. The summed E-state index contributed by atoms with van der Waals surface area (Å²) in [6.07, 6.45) is 81.5. The molecule has 0 amide bonds. The number of carbonyl (C=O) groups is 3. The zero-order valence-corrected chi connectivity index (χ0v) is 51.0. The molecular formula is C70H128O6. The molecule has 0 heterocycles. The first-order valence-electron chi connectivity index (χ1n) is 33.6. The summed E-state index contributed by atoms with van der Waals surface area (Å²) in [5.74, 6) is -0.881. The van der Waals surface area contributed by atoms with E-state index in [9.17, 15) is 14.4 Å². The highest BCUT2D eigenvalue weighted by molar-refractivity contribution is 5.71. The normalized spacial score (nSPS) is 12.3. The van der Waals surface area contributed by atoms with Gasteiger partial charge in [-0.3, -0.25) is 14.4 Å². The second-order valence-electron chi connectivity index (χ2n) is 22.7. The van der Waals surface area contributed by atoms with Crippen molar-refractivity contribution < 1.29 is 28.6 Å². The van der Waals surface area contributed by atoms with E-state index in [0.717, 1.165) is 96.3 Å². The van der Waals surface area contributed by atoms with Crippen LogP contribution in [0, 0.1) is 0 Å². The van der Waals surface area contributed by atoms with Crippen molar-refractivity contribution in [1.82, 2.24) is 0 Å². The Morgan fingerprint density at radius 2 is 0.513 bits per heavy atom. The number of allylic oxidation sites excluding steroid dienone is 8. The molecule has 0 saturated carbocycles. The lowest BCUT2D eigenvalue weighted by atomic mass is 10.0. The third-order valence-corrected chi connectivity index (χ3v) is 15.1. The minimum atomic E-state index is -0.783. The van der Waals surface area contributed by atoms with Gasteiger partial charge in [-0.1, -0.05) is 333 Å². The van der Waals surface area contributed by atoms with E-state index in [0.29, 0.717) is 19.3 Å². The highest BCUT2D eigenvalue weighted by Crippen LogP contribution is 2.18. The van der Waals surface area contributed by atoms with Gasteiger partial charge in [0.05, 0.1) is 0 Å². The van der Waals surface area contributed by atoms with Crippen LogP contribution in [0.15, 0.2) is 48.6 Å². The first-order valence-corrected chi connectivity index (χ1v) is 33.6. The van der Waals surface area contributed by atoms with Gasteiger partial charge in [0.25, 0.3) is 0 Å². The summed E-state index contributed by atoms with van der Waals surface area (Å²) in [5.41, 5.74) is 0. The van der Waals surface area contributed by atoms with Crippen LogP contribution in [0.5, 0.6) is 0 Å². The third kappa shape index (κ3) is 62.2. The van der Waals surface area contributed by atoms with E-state index in [1.807, 2.05) is 0 Å². The molecule has 1 atom stereocenters. The fourth-order valence-electron chi connectivity index (χ4n) is 10.1. The van der Waals surface area contributed by atoms with Crippen LogP contribution in [0.3, 0.4) is 0 Å². The van der Waals surface area contributed by atoms with Crippen molar-refractivity contribution in [1.29, 1.82) is 0 Å². The van der Waals surface area contributed by atoms with Gasteiger partial charge in [-0.2, -0.15) is 0 Å². The molecular weight excluding hydrogens is 937 g/mol. The quantitative estimate of drug-likeness (QED) is 0.0261. The summed E-state index contributed by atoms with van der Waals surface area (Å²) in [6.45, 7) is 6.56. The molecule has 0 spiro atoms. The Hall–Kier alpha value is -2.63. The molecule has 0 bridgehead atoms. The smallest absolute Gasteiger partial charge is 0.306 e. The Morgan fingerprint density at radius 3 is 0.803 bits per heavy atom. The standard InChI is InChI=1S/C70H128O6/c1-4-7-10-13-16-19-22-25-27-29-30-31-32-33-34-35-36-37-38-39-40-42-43-45-48-51-54-57-60-63-69(72)75-66-67(65-74-68(71)62-59-56-53-50-47-24-21-18-15-12-9-6-3)76-70(73)64-61-58-55-52-49-46-44-41-28-26-23-20-17-14-11-8-5-2/h8,11,17,20,26,28,44,46,67H,4-7,9-10,12-16,18-19,21-25,27,29-43,45,47-66H2,1-3H3/b11-8-,20-17-,28-26-,46-44-. The monoisotopic (exact) mass is 1060 g/mol. The Kier molecular flexibility index (Phi) is 62.6. The van der Waals surface area contributed by atoms with E-state index >= 15 is 0 Å². The lowest BCUT2D eigenvalue weighted by Gasteiger charge is -2.18. The summed E-state index contributed by atoms with van der Waals surface area (Å²) < 4.78 is 16.9. The second-order valence-corrected chi connectivity index (χ2v) is 22.7. The predicted molar refractivity (Wildman–Crippen MR) is 330 cm³/mol. The highest BCUT2D eigenvalue weighted by atomic mass is 16.6. The van der Waals surface area contributed by atoms with E-state index in [2.05, 4.69) is 69.4 Å². The number of esters is 3. The molecule has 0 aliphatic carbocycles. The average molecular weight is 1070 g/mol. The van der Waals surface area contributed by atoms with Crippen molar-refractivity contribution in [2.75, 3.05) is 13.2 Å². The molecule has 444 valence electrons. The number of ether oxygens (including phenoxy) is 3. The topological polar surface area (TPSA) is 78.9 Å². The summed E-state index contributed by atoms with van der Waals surface area (Å²) in [7, 11) is 0. The summed E-state index contributed by atoms with van der Waals surface area (Å²) >= 11 is 0. The van der Waals surface area contributed by atoms with Crippen molar-refractivity contribution in [3.63, 3.8) is 0 Å². The zero-order chi connectivity index (χ0) is 55.0. The van der Waals surface area contributed by atoms with Crippen molar-refractivity contribution in [3.05, 3.63) is 48.6 Å². The van der Waals surface area contributed by atoms with Crippen LogP contribution in [0.2, 0.25) is 0 Å². The minimum Gasteiger partial charge on any atom is -0.462 e. The number of carbonyl (C=O) groups excluding carboxylic acids is 3. The van der Waals surface area contributed by atoms with Crippen LogP contribution in [-0.4, -0.2) is 37.2 Å².